The number of nitrogens with zero attached hydrogens (tertiary/aromatic N) is 2. The first-order valence-electron chi connectivity index (χ1n) is 6.91. The fraction of sp³-hybridized carbons (Fsp3) is 0.615. The fourth-order valence-electron chi connectivity index (χ4n) is 1.93. The summed E-state index contributed by atoms with van der Waals surface area (Å²) in [7, 11) is 0. The Bertz CT molecular complexity index is 461. The quantitative estimate of drug-likeness (QED) is 0.875. The van der Waals surface area contributed by atoms with Gasteiger partial charge in [0.25, 0.3) is 0 Å². The molecule has 0 unspecified atom stereocenters. The van der Waals surface area contributed by atoms with Gasteiger partial charge in [-0.3, -0.25) is 0 Å². The number of aromatic nitrogens is 1. The number of anilines is 2. The molecule has 0 atom stereocenters. The van der Waals surface area contributed by atoms with Crippen molar-refractivity contribution in [2.45, 2.75) is 19.5 Å². The number of nitrogens with one attached hydrogen (secondary N) is 2. The minimum atomic E-state index is -4.40. The maximum Gasteiger partial charge on any atom is 0.416 e. The van der Waals surface area contributed by atoms with Crippen LogP contribution < -0.4 is 10.7 Å². The number of rotatable bonds is 5. The van der Waals surface area contributed by atoms with E-state index in [4.69, 9.17) is 4.74 Å². The van der Waals surface area contributed by atoms with Crippen LogP contribution in [-0.2, 0) is 10.9 Å². The minimum absolute atomic E-state index is 0.185. The molecular weight excluding hydrogens is 285 g/mol. The van der Waals surface area contributed by atoms with Crippen molar-refractivity contribution in [3.05, 3.63) is 17.7 Å². The van der Waals surface area contributed by atoms with E-state index >= 15 is 0 Å². The Balaban J connectivity index is 2.17. The number of halogens is 3. The lowest BCUT2D eigenvalue weighted by atomic mass is 10.2. The third kappa shape index (κ3) is 4.75. The van der Waals surface area contributed by atoms with Crippen LogP contribution in [-0.4, -0.2) is 42.8 Å². The van der Waals surface area contributed by atoms with Crippen molar-refractivity contribution < 1.29 is 17.9 Å². The second-order valence-corrected chi connectivity index (χ2v) is 4.76. The van der Waals surface area contributed by atoms with Crippen LogP contribution in [0.1, 0.15) is 18.9 Å². The molecular formula is C13H19F3N4O. The van der Waals surface area contributed by atoms with Crippen LogP contribution >= 0.6 is 0 Å². The van der Waals surface area contributed by atoms with Crippen molar-refractivity contribution in [1.82, 2.24) is 9.99 Å². The Labute approximate surface area is 121 Å². The number of pyridine rings is 1. The van der Waals surface area contributed by atoms with Crippen LogP contribution in [0.2, 0.25) is 0 Å². The Hall–Kier alpha value is -1.54. The molecule has 0 bridgehead atoms. The molecule has 1 saturated heterocycles. The fourth-order valence-corrected chi connectivity index (χ4v) is 1.93. The molecule has 8 heteroatoms. The summed E-state index contributed by atoms with van der Waals surface area (Å²) in [4.78, 5) is 4.17. The normalized spacial score (nSPS) is 16.8. The first-order valence-corrected chi connectivity index (χ1v) is 6.91. The van der Waals surface area contributed by atoms with Gasteiger partial charge < -0.3 is 15.5 Å². The molecule has 1 aromatic rings. The number of alkyl halides is 3. The van der Waals surface area contributed by atoms with Crippen molar-refractivity contribution in [2.24, 2.45) is 0 Å². The Kier molecular flexibility index (Phi) is 5.24. The number of hydrogen-bond acceptors (Lipinski definition) is 5. The molecule has 0 aliphatic carbocycles. The summed E-state index contributed by atoms with van der Waals surface area (Å²) in [6.45, 7) is 4.82. The zero-order valence-corrected chi connectivity index (χ0v) is 11.8. The van der Waals surface area contributed by atoms with Crippen LogP contribution in [0, 0.1) is 0 Å². The van der Waals surface area contributed by atoms with Gasteiger partial charge in [-0.1, -0.05) is 6.92 Å². The molecule has 0 aromatic carbocycles. The number of morpholine rings is 1. The second kappa shape index (κ2) is 6.95. The first kappa shape index (κ1) is 15.8. The lowest BCUT2D eigenvalue weighted by Crippen LogP contribution is -2.40. The van der Waals surface area contributed by atoms with Gasteiger partial charge in [-0.2, -0.15) is 13.2 Å². The van der Waals surface area contributed by atoms with Crippen molar-refractivity contribution in [2.75, 3.05) is 43.6 Å². The molecule has 1 aliphatic rings. The van der Waals surface area contributed by atoms with E-state index in [1.165, 1.54) is 0 Å². The molecule has 118 valence electrons. The Morgan fingerprint density at radius 1 is 1.24 bits per heavy atom. The molecule has 2 heterocycles. The number of hydrogen-bond donors (Lipinski definition) is 2. The molecule has 1 aliphatic heterocycles. The largest absolute Gasteiger partial charge is 0.416 e. The first-order chi connectivity index (χ1) is 9.99. The van der Waals surface area contributed by atoms with Gasteiger partial charge in [-0.25, -0.2) is 9.99 Å². The SMILES string of the molecule is CCCNc1cc(C(F)(F)F)cc(NN2CCOCC2)n1. The van der Waals surface area contributed by atoms with Crippen LogP contribution in [0.5, 0.6) is 0 Å². The van der Waals surface area contributed by atoms with Crippen molar-refractivity contribution >= 4 is 11.6 Å². The summed E-state index contributed by atoms with van der Waals surface area (Å²) in [6, 6.07) is 2.05. The minimum Gasteiger partial charge on any atom is -0.379 e. The van der Waals surface area contributed by atoms with Gasteiger partial charge in [0, 0.05) is 19.6 Å². The molecule has 0 radical (unpaired) electrons. The monoisotopic (exact) mass is 304 g/mol. The summed E-state index contributed by atoms with van der Waals surface area (Å²) >= 11 is 0. The van der Waals surface area contributed by atoms with Gasteiger partial charge in [0.05, 0.1) is 18.8 Å². The molecule has 2 rings (SSSR count). The maximum absolute atomic E-state index is 12.9. The zero-order valence-electron chi connectivity index (χ0n) is 11.8. The predicted octanol–water partition coefficient (Wildman–Crippen LogP) is 2.58. The van der Waals surface area contributed by atoms with Crippen molar-refractivity contribution in [3.63, 3.8) is 0 Å². The molecule has 5 nitrogen and oxygen atoms in total. The van der Waals surface area contributed by atoms with E-state index in [1.54, 1.807) is 5.01 Å². The van der Waals surface area contributed by atoms with Crippen LogP contribution in [0.3, 0.4) is 0 Å². The van der Waals surface area contributed by atoms with E-state index in [0.717, 1.165) is 18.6 Å². The standard InChI is InChI=1S/C13H19F3N4O/c1-2-3-17-11-8-10(13(14,15)16)9-12(18-11)19-20-4-6-21-7-5-20/h8-9H,2-7H2,1H3,(H2,17,18,19). The summed E-state index contributed by atoms with van der Waals surface area (Å²) in [5.41, 5.74) is 2.20. The van der Waals surface area contributed by atoms with Gasteiger partial charge in [-0.05, 0) is 18.6 Å². The van der Waals surface area contributed by atoms with E-state index in [-0.39, 0.29) is 11.6 Å². The topological polar surface area (TPSA) is 49.4 Å². The van der Waals surface area contributed by atoms with Gasteiger partial charge in [0.2, 0.25) is 0 Å². The van der Waals surface area contributed by atoms with E-state index in [1.807, 2.05) is 6.92 Å². The van der Waals surface area contributed by atoms with E-state index in [2.05, 4.69) is 15.7 Å². The molecule has 0 spiro atoms. The summed E-state index contributed by atoms with van der Waals surface area (Å²) in [5, 5.41) is 4.69. The zero-order chi connectivity index (χ0) is 15.3. The summed E-state index contributed by atoms with van der Waals surface area (Å²) in [6.07, 6.45) is -3.59. The molecule has 0 saturated carbocycles. The smallest absolute Gasteiger partial charge is 0.379 e. The molecule has 0 amide bonds. The third-order valence-corrected chi connectivity index (χ3v) is 2.99. The lowest BCUT2D eigenvalue weighted by Gasteiger charge is -2.27. The van der Waals surface area contributed by atoms with Crippen molar-refractivity contribution in [1.29, 1.82) is 0 Å². The molecule has 21 heavy (non-hydrogen) atoms. The van der Waals surface area contributed by atoms with E-state index < -0.39 is 11.7 Å². The second-order valence-electron chi connectivity index (χ2n) is 4.76. The Morgan fingerprint density at radius 3 is 2.52 bits per heavy atom. The van der Waals surface area contributed by atoms with Crippen molar-refractivity contribution in [3.8, 4) is 0 Å². The Morgan fingerprint density at radius 2 is 1.90 bits per heavy atom. The average Bonchev–Trinajstić information content (AvgIpc) is 2.45. The molecule has 1 aromatic heterocycles. The van der Waals surface area contributed by atoms with Gasteiger partial charge in [-0.15, -0.1) is 0 Å². The van der Waals surface area contributed by atoms with Crippen LogP contribution in [0.25, 0.3) is 0 Å². The van der Waals surface area contributed by atoms with Crippen LogP contribution in [0.15, 0.2) is 12.1 Å². The average molecular weight is 304 g/mol. The van der Waals surface area contributed by atoms with Gasteiger partial charge >= 0.3 is 6.18 Å². The van der Waals surface area contributed by atoms with Gasteiger partial charge in [0.1, 0.15) is 11.6 Å². The van der Waals surface area contributed by atoms with E-state index in [9.17, 15) is 13.2 Å². The third-order valence-electron chi connectivity index (χ3n) is 2.99. The lowest BCUT2D eigenvalue weighted by molar-refractivity contribution is -0.137. The highest BCUT2D eigenvalue weighted by Crippen LogP contribution is 2.32. The number of ether oxygens (including phenoxy) is 1. The maximum atomic E-state index is 12.9. The summed E-state index contributed by atoms with van der Waals surface area (Å²) in [5.74, 6) is 0.410. The van der Waals surface area contributed by atoms with E-state index in [0.29, 0.717) is 32.8 Å². The molecule has 1 fully saturated rings. The number of hydrazine groups is 1. The highest BCUT2D eigenvalue weighted by molar-refractivity contribution is 5.49. The highest BCUT2D eigenvalue weighted by Gasteiger charge is 2.31. The summed E-state index contributed by atoms with van der Waals surface area (Å²) < 4.78 is 44.0. The predicted molar refractivity (Wildman–Crippen MR) is 74.0 cm³/mol. The van der Waals surface area contributed by atoms with Gasteiger partial charge in [0.15, 0.2) is 0 Å². The highest BCUT2D eigenvalue weighted by atomic mass is 19.4. The molecule has 2 N–H and O–H groups in total. The van der Waals surface area contributed by atoms with Crippen LogP contribution in [0.4, 0.5) is 24.8 Å².